The number of aromatic nitrogens is 2. The van der Waals surface area contributed by atoms with Crippen LogP contribution in [0.3, 0.4) is 0 Å². The maximum atomic E-state index is 10.9. The Bertz CT molecular complexity index is 509. The first-order chi connectivity index (χ1) is 10.5. The molecular formula is C15H24N4O3. The number of anilines is 2. The van der Waals surface area contributed by atoms with Gasteiger partial charge in [0, 0.05) is 12.8 Å². The first-order valence-corrected chi connectivity index (χ1v) is 7.68. The van der Waals surface area contributed by atoms with Crippen LogP contribution in [0.15, 0.2) is 12.3 Å². The molecule has 0 bridgehead atoms. The van der Waals surface area contributed by atoms with E-state index in [9.17, 15) is 4.79 Å². The number of carboxylic acids is 1. The molecule has 7 nitrogen and oxygen atoms in total. The molecule has 1 saturated heterocycles. The molecule has 1 aromatic heterocycles. The molecule has 1 aromatic rings. The predicted octanol–water partition coefficient (Wildman–Crippen LogP) is 1.98. The lowest BCUT2D eigenvalue weighted by Crippen LogP contribution is -2.43. The van der Waals surface area contributed by atoms with E-state index in [-0.39, 0.29) is 12.1 Å². The van der Waals surface area contributed by atoms with Crippen molar-refractivity contribution in [2.45, 2.75) is 51.8 Å². The minimum atomic E-state index is -0.942. The fourth-order valence-corrected chi connectivity index (χ4v) is 2.57. The second kappa shape index (κ2) is 7.40. The standard InChI is InChI=1S/C15H24N4O3/c1-9(2)13-11(5-4-8-22-13)18-12-6-7-16-15(19-12)17-10(3)14(20)21/h6-7,9-11,13H,4-5,8H2,1-3H3,(H,20,21)(H2,16,17,18,19)/t10-,11?,13?/m1/s1. The van der Waals surface area contributed by atoms with Crippen LogP contribution in [0.4, 0.5) is 11.8 Å². The van der Waals surface area contributed by atoms with Crippen LogP contribution < -0.4 is 10.6 Å². The Kier molecular flexibility index (Phi) is 5.54. The van der Waals surface area contributed by atoms with Crippen LogP contribution in [0.5, 0.6) is 0 Å². The van der Waals surface area contributed by atoms with Gasteiger partial charge in [-0.2, -0.15) is 4.98 Å². The third kappa shape index (κ3) is 4.30. The average molecular weight is 308 g/mol. The molecule has 3 N–H and O–H groups in total. The SMILES string of the molecule is CC(C)C1OCCCC1Nc1ccnc(N[C@H](C)C(=O)O)n1. The summed E-state index contributed by atoms with van der Waals surface area (Å²) in [6, 6.07) is 1.24. The molecule has 0 radical (unpaired) electrons. The lowest BCUT2D eigenvalue weighted by Gasteiger charge is -2.35. The van der Waals surface area contributed by atoms with Gasteiger partial charge in [-0.1, -0.05) is 13.8 Å². The monoisotopic (exact) mass is 308 g/mol. The van der Waals surface area contributed by atoms with Crippen molar-refractivity contribution in [3.8, 4) is 0 Å². The molecule has 0 amide bonds. The number of carboxylic acid groups (broad SMARTS) is 1. The van der Waals surface area contributed by atoms with Crippen molar-refractivity contribution in [2.24, 2.45) is 5.92 Å². The zero-order chi connectivity index (χ0) is 16.1. The molecule has 2 heterocycles. The van der Waals surface area contributed by atoms with Crippen molar-refractivity contribution in [1.82, 2.24) is 9.97 Å². The van der Waals surface area contributed by atoms with E-state index in [0.717, 1.165) is 19.4 Å². The third-order valence-corrected chi connectivity index (χ3v) is 3.73. The average Bonchev–Trinajstić information content (AvgIpc) is 2.47. The minimum absolute atomic E-state index is 0.151. The van der Waals surface area contributed by atoms with Crippen LogP contribution in [-0.4, -0.2) is 45.8 Å². The molecule has 2 rings (SSSR count). The predicted molar refractivity (Wildman–Crippen MR) is 84.0 cm³/mol. The first kappa shape index (κ1) is 16.5. The summed E-state index contributed by atoms with van der Waals surface area (Å²) in [5.41, 5.74) is 0. The normalized spacial score (nSPS) is 23.1. The van der Waals surface area contributed by atoms with E-state index in [0.29, 0.717) is 17.7 Å². The molecule has 0 aliphatic carbocycles. The van der Waals surface area contributed by atoms with E-state index in [1.165, 1.54) is 0 Å². The number of aliphatic carboxylic acids is 1. The Balaban J connectivity index is 2.04. The van der Waals surface area contributed by atoms with Crippen molar-refractivity contribution in [1.29, 1.82) is 0 Å². The van der Waals surface area contributed by atoms with E-state index >= 15 is 0 Å². The van der Waals surface area contributed by atoms with Crippen molar-refractivity contribution < 1.29 is 14.6 Å². The van der Waals surface area contributed by atoms with Crippen LogP contribution in [0.25, 0.3) is 0 Å². The zero-order valence-corrected chi connectivity index (χ0v) is 13.2. The summed E-state index contributed by atoms with van der Waals surface area (Å²) in [6.07, 6.45) is 3.81. The number of hydrogen-bond donors (Lipinski definition) is 3. The van der Waals surface area contributed by atoms with E-state index in [4.69, 9.17) is 9.84 Å². The van der Waals surface area contributed by atoms with Crippen LogP contribution in [-0.2, 0) is 9.53 Å². The van der Waals surface area contributed by atoms with Gasteiger partial charge in [0.1, 0.15) is 11.9 Å². The highest BCUT2D eigenvalue weighted by Crippen LogP contribution is 2.23. The van der Waals surface area contributed by atoms with Crippen molar-refractivity contribution in [2.75, 3.05) is 17.2 Å². The van der Waals surface area contributed by atoms with E-state index in [1.807, 2.05) is 0 Å². The summed E-state index contributed by atoms with van der Waals surface area (Å²) >= 11 is 0. The van der Waals surface area contributed by atoms with Crippen LogP contribution in [0.2, 0.25) is 0 Å². The Morgan fingerprint density at radius 2 is 2.23 bits per heavy atom. The lowest BCUT2D eigenvalue weighted by atomic mass is 9.94. The maximum absolute atomic E-state index is 10.9. The highest BCUT2D eigenvalue weighted by Gasteiger charge is 2.28. The Morgan fingerprint density at radius 1 is 1.45 bits per heavy atom. The maximum Gasteiger partial charge on any atom is 0.325 e. The topological polar surface area (TPSA) is 96.4 Å². The molecule has 2 unspecified atom stereocenters. The summed E-state index contributed by atoms with van der Waals surface area (Å²) in [5.74, 6) is 0.459. The largest absolute Gasteiger partial charge is 0.480 e. The highest BCUT2D eigenvalue weighted by molar-refractivity contribution is 5.75. The van der Waals surface area contributed by atoms with E-state index in [1.54, 1.807) is 19.2 Å². The second-order valence-electron chi connectivity index (χ2n) is 5.94. The fourth-order valence-electron chi connectivity index (χ4n) is 2.57. The van der Waals surface area contributed by atoms with Gasteiger partial charge >= 0.3 is 5.97 Å². The molecule has 22 heavy (non-hydrogen) atoms. The number of hydrogen-bond acceptors (Lipinski definition) is 6. The fraction of sp³-hybridized carbons (Fsp3) is 0.667. The molecule has 0 saturated carbocycles. The molecule has 0 aromatic carbocycles. The molecule has 1 fully saturated rings. The van der Waals surface area contributed by atoms with Crippen molar-refractivity contribution >= 4 is 17.7 Å². The van der Waals surface area contributed by atoms with Gasteiger partial charge in [-0.05, 0) is 31.7 Å². The lowest BCUT2D eigenvalue weighted by molar-refractivity contribution is -0.137. The number of rotatable bonds is 6. The van der Waals surface area contributed by atoms with Gasteiger partial charge in [0.25, 0.3) is 0 Å². The number of nitrogens with one attached hydrogen (secondary N) is 2. The Labute approximate surface area is 130 Å². The second-order valence-corrected chi connectivity index (χ2v) is 5.94. The summed E-state index contributed by atoms with van der Waals surface area (Å²) in [7, 11) is 0. The molecular weight excluding hydrogens is 284 g/mol. The number of nitrogens with zero attached hydrogens (tertiary/aromatic N) is 2. The Morgan fingerprint density at radius 3 is 2.91 bits per heavy atom. The summed E-state index contributed by atoms with van der Waals surface area (Å²) in [4.78, 5) is 19.3. The summed E-state index contributed by atoms with van der Waals surface area (Å²) in [6.45, 7) is 6.64. The number of carbonyl (C=O) groups is 1. The minimum Gasteiger partial charge on any atom is -0.480 e. The highest BCUT2D eigenvalue weighted by atomic mass is 16.5. The van der Waals surface area contributed by atoms with E-state index < -0.39 is 12.0 Å². The van der Waals surface area contributed by atoms with Crippen LogP contribution in [0, 0.1) is 5.92 Å². The smallest absolute Gasteiger partial charge is 0.325 e. The third-order valence-electron chi connectivity index (χ3n) is 3.73. The van der Waals surface area contributed by atoms with Gasteiger partial charge < -0.3 is 20.5 Å². The van der Waals surface area contributed by atoms with Gasteiger partial charge in [0.05, 0.1) is 12.1 Å². The van der Waals surface area contributed by atoms with Crippen molar-refractivity contribution in [3.05, 3.63) is 12.3 Å². The summed E-state index contributed by atoms with van der Waals surface area (Å²) in [5, 5.41) is 15.1. The quantitative estimate of drug-likeness (QED) is 0.739. The van der Waals surface area contributed by atoms with Gasteiger partial charge in [0.15, 0.2) is 0 Å². The van der Waals surface area contributed by atoms with Gasteiger partial charge in [-0.25, -0.2) is 4.98 Å². The van der Waals surface area contributed by atoms with Gasteiger partial charge in [-0.15, -0.1) is 0 Å². The van der Waals surface area contributed by atoms with E-state index in [2.05, 4.69) is 34.4 Å². The van der Waals surface area contributed by atoms with Gasteiger partial charge in [-0.3, -0.25) is 4.79 Å². The molecule has 7 heteroatoms. The number of ether oxygens (including phenoxy) is 1. The first-order valence-electron chi connectivity index (χ1n) is 7.68. The van der Waals surface area contributed by atoms with Crippen LogP contribution in [0.1, 0.15) is 33.6 Å². The van der Waals surface area contributed by atoms with Crippen molar-refractivity contribution in [3.63, 3.8) is 0 Å². The Hall–Kier alpha value is -1.89. The summed E-state index contributed by atoms with van der Waals surface area (Å²) < 4.78 is 5.85. The molecule has 1 aliphatic rings. The molecule has 122 valence electrons. The molecule has 1 aliphatic heterocycles. The zero-order valence-electron chi connectivity index (χ0n) is 13.2. The molecule has 3 atom stereocenters. The molecule has 0 spiro atoms. The van der Waals surface area contributed by atoms with Crippen LogP contribution >= 0.6 is 0 Å². The van der Waals surface area contributed by atoms with Gasteiger partial charge in [0.2, 0.25) is 5.95 Å².